The summed E-state index contributed by atoms with van der Waals surface area (Å²) in [6.45, 7) is 11.0. The third kappa shape index (κ3) is 3.45. The second-order valence-electron chi connectivity index (χ2n) is 6.53. The normalized spacial score (nSPS) is 34.8. The van der Waals surface area contributed by atoms with Gasteiger partial charge >= 0.3 is 0 Å². The van der Waals surface area contributed by atoms with Gasteiger partial charge in [0.05, 0.1) is 0 Å². The van der Waals surface area contributed by atoms with Crippen LogP contribution in [0.15, 0.2) is 0 Å². The molecule has 2 nitrogen and oxygen atoms in total. The minimum Gasteiger partial charge on any atom is -0.312 e. The molecule has 0 aromatic rings. The van der Waals surface area contributed by atoms with Crippen LogP contribution in [0.2, 0.25) is 0 Å². The van der Waals surface area contributed by atoms with Gasteiger partial charge < -0.3 is 10.2 Å². The van der Waals surface area contributed by atoms with Crippen LogP contribution in [0.3, 0.4) is 0 Å². The van der Waals surface area contributed by atoms with Crippen LogP contribution in [-0.4, -0.2) is 36.6 Å². The van der Waals surface area contributed by atoms with Crippen LogP contribution < -0.4 is 5.32 Å². The summed E-state index contributed by atoms with van der Waals surface area (Å²) in [4.78, 5) is 2.75. The van der Waals surface area contributed by atoms with Gasteiger partial charge in [0, 0.05) is 18.6 Å². The van der Waals surface area contributed by atoms with E-state index in [1.165, 1.54) is 58.2 Å². The van der Waals surface area contributed by atoms with Crippen LogP contribution in [0.4, 0.5) is 0 Å². The average Bonchev–Trinajstić information content (AvgIpc) is 2.24. The molecule has 0 aromatic carbocycles. The Hall–Kier alpha value is -0.0800. The predicted octanol–water partition coefficient (Wildman–Crippen LogP) is 3.03. The van der Waals surface area contributed by atoms with Crippen molar-refractivity contribution in [2.45, 2.75) is 71.4 Å². The van der Waals surface area contributed by atoms with Gasteiger partial charge in [0.15, 0.2) is 0 Å². The first kappa shape index (κ1) is 13.4. The summed E-state index contributed by atoms with van der Waals surface area (Å²) in [5.74, 6) is 0. The van der Waals surface area contributed by atoms with Crippen molar-refractivity contribution >= 4 is 0 Å². The zero-order valence-electron chi connectivity index (χ0n) is 12.0. The smallest absolute Gasteiger partial charge is 0.00533 e. The van der Waals surface area contributed by atoms with Crippen molar-refractivity contribution in [1.29, 1.82) is 0 Å². The van der Waals surface area contributed by atoms with Crippen molar-refractivity contribution < 1.29 is 0 Å². The molecule has 0 bridgehead atoms. The van der Waals surface area contributed by atoms with E-state index in [1.807, 2.05) is 0 Å². The fourth-order valence-corrected chi connectivity index (χ4v) is 3.45. The Balaban J connectivity index is 1.86. The van der Waals surface area contributed by atoms with Gasteiger partial charge in [0.25, 0.3) is 0 Å². The number of rotatable bonds is 3. The van der Waals surface area contributed by atoms with Crippen molar-refractivity contribution in [2.24, 2.45) is 5.41 Å². The van der Waals surface area contributed by atoms with Crippen LogP contribution in [0.25, 0.3) is 0 Å². The molecule has 1 heterocycles. The number of nitrogens with zero attached hydrogens (tertiary/aromatic N) is 1. The molecule has 0 spiro atoms. The van der Waals surface area contributed by atoms with E-state index < -0.39 is 0 Å². The van der Waals surface area contributed by atoms with Gasteiger partial charge in [-0.15, -0.1) is 0 Å². The molecule has 1 saturated heterocycles. The number of hydrogen-bond acceptors (Lipinski definition) is 2. The van der Waals surface area contributed by atoms with Crippen molar-refractivity contribution in [3.63, 3.8) is 0 Å². The Labute approximate surface area is 107 Å². The number of nitrogens with one attached hydrogen (secondary N) is 1. The molecule has 0 amide bonds. The standard InChI is InChI=1S/C15H30N2/c1-4-15(8-5-9-15)12-17-10-6-13(2)16-14(3)7-11-17/h13-14,16H,4-12H2,1-3H3. The molecule has 2 unspecified atom stereocenters. The van der Waals surface area contributed by atoms with E-state index >= 15 is 0 Å². The lowest BCUT2D eigenvalue weighted by atomic mass is 9.66. The topological polar surface area (TPSA) is 15.3 Å². The minimum atomic E-state index is 0.687. The Morgan fingerprint density at radius 3 is 2.12 bits per heavy atom. The van der Waals surface area contributed by atoms with Crippen LogP contribution >= 0.6 is 0 Å². The van der Waals surface area contributed by atoms with Crippen molar-refractivity contribution in [2.75, 3.05) is 19.6 Å². The van der Waals surface area contributed by atoms with Gasteiger partial charge in [-0.05, 0) is 64.5 Å². The van der Waals surface area contributed by atoms with E-state index in [1.54, 1.807) is 0 Å². The second kappa shape index (κ2) is 5.71. The molecule has 2 aliphatic rings. The predicted molar refractivity (Wildman–Crippen MR) is 74.3 cm³/mol. The first-order valence-corrected chi connectivity index (χ1v) is 7.62. The molecule has 100 valence electrons. The molecule has 17 heavy (non-hydrogen) atoms. The van der Waals surface area contributed by atoms with E-state index in [0.717, 1.165) is 0 Å². The number of hydrogen-bond donors (Lipinski definition) is 1. The highest BCUT2D eigenvalue weighted by Crippen LogP contribution is 2.44. The van der Waals surface area contributed by atoms with Gasteiger partial charge in [0.2, 0.25) is 0 Å². The zero-order chi connectivity index (χ0) is 12.3. The Morgan fingerprint density at radius 2 is 1.71 bits per heavy atom. The molecule has 1 aliphatic heterocycles. The third-order valence-electron chi connectivity index (χ3n) is 5.05. The molecule has 2 atom stereocenters. The largest absolute Gasteiger partial charge is 0.312 e. The van der Waals surface area contributed by atoms with Crippen LogP contribution in [0.1, 0.15) is 59.3 Å². The van der Waals surface area contributed by atoms with Crippen LogP contribution in [-0.2, 0) is 0 Å². The quantitative estimate of drug-likeness (QED) is 0.813. The maximum atomic E-state index is 3.68. The highest BCUT2D eigenvalue weighted by molar-refractivity contribution is 4.90. The van der Waals surface area contributed by atoms with E-state index in [0.29, 0.717) is 17.5 Å². The summed E-state index contributed by atoms with van der Waals surface area (Å²) in [6, 6.07) is 1.37. The second-order valence-corrected chi connectivity index (χ2v) is 6.53. The molecule has 1 N–H and O–H groups in total. The zero-order valence-corrected chi connectivity index (χ0v) is 12.0. The van der Waals surface area contributed by atoms with Crippen LogP contribution in [0.5, 0.6) is 0 Å². The maximum absolute atomic E-state index is 3.68. The lowest BCUT2D eigenvalue weighted by Gasteiger charge is -2.45. The van der Waals surface area contributed by atoms with Gasteiger partial charge in [0.1, 0.15) is 0 Å². The Kier molecular flexibility index (Phi) is 4.48. The molecule has 2 rings (SSSR count). The van der Waals surface area contributed by atoms with E-state index in [4.69, 9.17) is 0 Å². The van der Waals surface area contributed by atoms with E-state index in [9.17, 15) is 0 Å². The molecule has 1 saturated carbocycles. The minimum absolute atomic E-state index is 0.687. The summed E-state index contributed by atoms with van der Waals surface area (Å²) in [5, 5.41) is 3.68. The fraction of sp³-hybridized carbons (Fsp3) is 1.00. The first-order valence-electron chi connectivity index (χ1n) is 7.62. The molecule has 2 heteroatoms. The highest BCUT2D eigenvalue weighted by atomic mass is 15.1. The van der Waals surface area contributed by atoms with Gasteiger partial charge in [-0.3, -0.25) is 0 Å². The van der Waals surface area contributed by atoms with Crippen molar-refractivity contribution in [1.82, 2.24) is 10.2 Å². The molecule has 0 radical (unpaired) electrons. The monoisotopic (exact) mass is 238 g/mol. The Morgan fingerprint density at radius 1 is 1.12 bits per heavy atom. The maximum Gasteiger partial charge on any atom is 0.00533 e. The van der Waals surface area contributed by atoms with Gasteiger partial charge in [-0.1, -0.05) is 13.3 Å². The Bertz CT molecular complexity index is 218. The van der Waals surface area contributed by atoms with Crippen molar-refractivity contribution in [3.8, 4) is 0 Å². The summed E-state index contributed by atoms with van der Waals surface area (Å²) < 4.78 is 0. The van der Waals surface area contributed by atoms with Gasteiger partial charge in [-0.2, -0.15) is 0 Å². The SMILES string of the molecule is CCC1(CN2CCC(C)NC(C)CC2)CCC1. The molecule has 0 aromatic heterocycles. The fourth-order valence-electron chi connectivity index (χ4n) is 3.45. The summed E-state index contributed by atoms with van der Waals surface area (Å²) in [6.07, 6.45) is 8.42. The third-order valence-corrected chi connectivity index (χ3v) is 5.05. The lowest BCUT2D eigenvalue weighted by Crippen LogP contribution is -2.47. The van der Waals surface area contributed by atoms with Crippen molar-refractivity contribution in [3.05, 3.63) is 0 Å². The van der Waals surface area contributed by atoms with E-state index in [-0.39, 0.29) is 0 Å². The summed E-state index contributed by atoms with van der Waals surface area (Å²) in [5.41, 5.74) is 0.694. The molecular weight excluding hydrogens is 208 g/mol. The highest BCUT2D eigenvalue weighted by Gasteiger charge is 2.36. The van der Waals surface area contributed by atoms with Crippen LogP contribution in [0, 0.1) is 5.41 Å². The molecule has 1 aliphatic carbocycles. The van der Waals surface area contributed by atoms with Gasteiger partial charge in [-0.25, -0.2) is 0 Å². The lowest BCUT2D eigenvalue weighted by molar-refractivity contribution is 0.0550. The average molecular weight is 238 g/mol. The summed E-state index contributed by atoms with van der Waals surface area (Å²) >= 11 is 0. The molecular formula is C15H30N2. The molecule has 2 fully saturated rings. The summed E-state index contributed by atoms with van der Waals surface area (Å²) in [7, 11) is 0. The first-order chi connectivity index (χ1) is 8.13. The van der Waals surface area contributed by atoms with E-state index in [2.05, 4.69) is 31.0 Å².